The number of anilines is 2. The number of hydrogen-bond donors (Lipinski definition) is 3. The Bertz CT molecular complexity index is 1560. The van der Waals surface area contributed by atoms with Crippen LogP contribution in [0.5, 0.6) is 0 Å². The lowest BCUT2D eigenvalue weighted by molar-refractivity contribution is -0.129. The van der Waals surface area contributed by atoms with Crippen LogP contribution >= 0.6 is 0 Å². The highest BCUT2D eigenvalue weighted by Crippen LogP contribution is 2.73. The lowest BCUT2D eigenvalue weighted by Gasteiger charge is -2.68. The van der Waals surface area contributed by atoms with Crippen molar-refractivity contribution >= 4 is 29.6 Å². The van der Waals surface area contributed by atoms with Gasteiger partial charge in [-0.05, 0) is 71.4 Å². The number of primary amides is 1. The molecule has 0 saturated heterocycles. The number of nitrogens with zero attached hydrogens (tertiary/aromatic N) is 3. The molecule has 3 aliphatic carbocycles. The molecular formula is C29H34F2N6O5. The third-order valence-electron chi connectivity index (χ3n) is 7.63. The first kappa shape index (κ1) is 29.2. The van der Waals surface area contributed by atoms with Crippen LogP contribution in [0.15, 0.2) is 22.7 Å². The zero-order valence-corrected chi connectivity index (χ0v) is 24.4. The Kier molecular flexibility index (Phi) is 6.90. The number of benzene rings is 1. The minimum Gasteiger partial charge on any atom is -0.444 e. The minimum atomic E-state index is -1.03. The van der Waals surface area contributed by atoms with Gasteiger partial charge in [0.2, 0.25) is 11.8 Å². The van der Waals surface area contributed by atoms with E-state index in [1.54, 1.807) is 40.7 Å². The zero-order valence-electron chi connectivity index (χ0n) is 24.4. The fourth-order valence-electron chi connectivity index (χ4n) is 6.17. The van der Waals surface area contributed by atoms with Crippen LogP contribution < -0.4 is 16.4 Å². The molecule has 2 heterocycles. The molecule has 0 radical (unpaired) electrons. The number of carbonyl (C=O) groups excluding carboxylic acids is 3. The minimum absolute atomic E-state index is 0.00385. The molecule has 0 spiro atoms. The van der Waals surface area contributed by atoms with Crippen LogP contribution in [0, 0.1) is 17.0 Å². The molecule has 6 rings (SSSR count). The van der Waals surface area contributed by atoms with Crippen molar-refractivity contribution in [3.8, 4) is 11.3 Å². The van der Waals surface area contributed by atoms with E-state index in [-0.39, 0.29) is 40.0 Å². The summed E-state index contributed by atoms with van der Waals surface area (Å²) in [6, 6.07) is 3.19. The second kappa shape index (κ2) is 9.92. The van der Waals surface area contributed by atoms with Crippen molar-refractivity contribution in [3.63, 3.8) is 0 Å². The first-order valence-corrected chi connectivity index (χ1v) is 13.7. The van der Waals surface area contributed by atoms with Gasteiger partial charge in [0, 0.05) is 28.7 Å². The molecular weight excluding hydrogens is 550 g/mol. The maximum absolute atomic E-state index is 15.2. The van der Waals surface area contributed by atoms with Crippen molar-refractivity contribution in [1.29, 1.82) is 0 Å². The van der Waals surface area contributed by atoms with Crippen LogP contribution in [-0.2, 0) is 21.4 Å². The Labute approximate surface area is 241 Å². The molecule has 2 bridgehead atoms. The molecule has 0 atom stereocenters. The molecule has 3 aromatic rings. The molecule has 3 saturated carbocycles. The molecule has 42 heavy (non-hydrogen) atoms. The fourth-order valence-corrected chi connectivity index (χ4v) is 6.17. The number of rotatable bonds is 8. The predicted molar refractivity (Wildman–Crippen MR) is 149 cm³/mol. The van der Waals surface area contributed by atoms with Gasteiger partial charge in [0.15, 0.2) is 0 Å². The normalized spacial score (nSPS) is 21.0. The summed E-state index contributed by atoms with van der Waals surface area (Å²) >= 11 is 0. The van der Waals surface area contributed by atoms with Gasteiger partial charge < -0.3 is 15.0 Å². The predicted octanol–water partition coefficient (Wildman–Crippen LogP) is 5.47. The summed E-state index contributed by atoms with van der Waals surface area (Å²) in [6.45, 7) is 10.7. The number of aromatic nitrogens is 3. The molecule has 0 unspecified atom stereocenters. The van der Waals surface area contributed by atoms with Gasteiger partial charge in [0.05, 0.1) is 12.1 Å². The first-order valence-electron chi connectivity index (χ1n) is 13.7. The smallest absolute Gasteiger partial charge is 0.413 e. The van der Waals surface area contributed by atoms with E-state index in [0.717, 1.165) is 37.1 Å². The van der Waals surface area contributed by atoms with E-state index >= 15 is 8.78 Å². The maximum atomic E-state index is 15.2. The Balaban J connectivity index is 1.37. The standard InChI is InChI=1S/C29H34F2N6O5/c1-14(2)37-25(34-26(40)41-27(3,4)5)22(24(32)39)23(35-37)15-7-17(30)16(18(31)8-15)9-20(38)33-21-10-19(36-42-21)29-11-28(6,12-29)13-29/h7-8,10,14H,9,11-13H2,1-6H3,(H2,32,39)(H,33,38)(H,34,40). The van der Waals surface area contributed by atoms with Gasteiger partial charge in [-0.15, -0.1) is 0 Å². The monoisotopic (exact) mass is 584 g/mol. The molecule has 3 fully saturated rings. The van der Waals surface area contributed by atoms with Crippen molar-refractivity contribution in [2.24, 2.45) is 11.1 Å². The summed E-state index contributed by atoms with van der Waals surface area (Å²) in [5, 5.41) is 13.4. The molecule has 4 N–H and O–H groups in total. The van der Waals surface area contributed by atoms with E-state index in [2.05, 4.69) is 27.8 Å². The number of amides is 3. The van der Waals surface area contributed by atoms with Crippen LogP contribution in [0.1, 0.15) is 88.5 Å². The summed E-state index contributed by atoms with van der Waals surface area (Å²) in [6.07, 6.45) is 1.58. The van der Waals surface area contributed by atoms with Gasteiger partial charge in [-0.2, -0.15) is 5.10 Å². The van der Waals surface area contributed by atoms with Crippen molar-refractivity contribution in [3.05, 3.63) is 46.7 Å². The van der Waals surface area contributed by atoms with Gasteiger partial charge >= 0.3 is 6.09 Å². The summed E-state index contributed by atoms with van der Waals surface area (Å²) in [5.41, 5.74) is 4.94. The molecule has 13 heteroatoms. The van der Waals surface area contributed by atoms with Gasteiger partial charge in [-0.25, -0.2) is 18.3 Å². The van der Waals surface area contributed by atoms with Crippen LogP contribution in [0.25, 0.3) is 11.3 Å². The van der Waals surface area contributed by atoms with Crippen LogP contribution in [0.4, 0.5) is 25.3 Å². The van der Waals surface area contributed by atoms with Gasteiger partial charge in [-0.1, -0.05) is 12.1 Å². The van der Waals surface area contributed by atoms with Crippen LogP contribution in [0.3, 0.4) is 0 Å². The summed E-state index contributed by atoms with van der Waals surface area (Å²) in [4.78, 5) is 37.7. The maximum Gasteiger partial charge on any atom is 0.413 e. The van der Waals surface area contributed by atoms with Gasteiger partial charge in [0.1, 0.15) is 34.3 Å². The average Bonchev–Trinajstić information content (AvgIpc) is 3.42. The van der Waals surface area contributed by atoms with E-state index < -0.39 is 47.1 Å². The SMILES string of the molecule is CC(C)n1nc(-c2cc(F)c(CC(=O)Nc3cc(C45CC(C)(C4)C5)no3)c(F)c2)c(C(N)=O)c1NC(=O)OC(C)(C)C. The van der Waals surface area contributed by atoms with Crippen molar-refractivity contribution in [1.82, 2.24) is 14.9 Å². The van der Waals surface area contributed by atoms with Crippen molar-refractivity contribution in [2.75, 3.05) is 10.6 Å². The highest BCUT2D eigenvalue weighted by atomic mass is 19.1. The molecule has 3 aliphatic rings. The average molecular weight is 585 g/mol. The number of hydrogen-bond acceptors (Lipinski definition) is 7. The number of nitrogens with two attached hydrogens (primary N) is 1. The molecule has 2 aromatic heterocycles. The Morgan fingerprint density at radius 3 is 2.26 bits per heavy atom. The quantitative estimate of drug-likeness (QED) is 0.317. The van der Waals surface area contributed by atoms with Gasteiger partial charge in [0.25, 0.3) is 5.91 Å². The summed E-state index contributed by atoms with van der Waals surface area (Å²) < 4.78 is 42.3. The largest absolute Gasteiger partial charge is 0.444 e. The number of nitrogens with one attached hydrogen (secondary N) is 2. The number of halogens is 2. The third kappa shape index (κ3) is 5.35. The number of carbonyl (C=O) groups is 3. The van der Waals surface area contributed by atoms with E-state index in [1.807, 2.05) is 0 Å². The highest BCUT2D eigenvalue weighted by molar-refractivity contribution is 6.06. The lowest BCUT2D eigenvalue weighted by Crippen LogP contribution is -2.62. The second-order valence-electron chi connectivity index (χ2n) is 12.9. The van der Waals surface area contributed by atoms with E-state index in [0.29, 0.717) is 5.41 Å². The van der Waals surface area contributed by atoms with Crippen LogP contribution in [0.2, 0.25) is 0 Å². The van der Waals surface area contributed by atoms with Gasteiger partial charge in [-0.3, -0.25) is 20.2 Å². The first-order chi connectivity index (χ1) is 19.5. The Morgan fingerprint density at radius 2 is 1.74 bits per heavy atom. The highest BCUT2D eigenvalue weighted by Gasteiger charge is 2.66. The van der Waals surface area contributed by atoms with Crippen LogP contribution in [-0.4, -0.2) is 38.4 Å². The molecule has 224 valence electrons. The second-order valence-corrected chi connectivity index (χ2v) is 12.9. The van der Waals surface area contributed by atoms with Crippen molar-refractivity contribution in [2.45, 2.75) is 84.3 Å². The van der Waals surface area contributed by atoms with E-state index in [4.69, 9.17) is 15.0 Å². The Hall–Kier alpha value is -4.29. The molecule has 3 amide bonds. The van der Waals surface area contributed by atoms with Crippen molar-refractivity contribution < 1.29 is 32.4 Å². The molecule has 11 nitrogen and oxygen atoms in total. The topological polar surface area (TPSA) is 154 Å². The molecule has 1 aromatic carbocycles. The number of ether oxygens (including phenoxy) is 1. The fraction of sp³-hybridized carbons (Fsp3) is 0.483. The Morgan fingerprint density at radius 1 is 1.12 bits per heavy atom. The summed E-state index contributed by atoms with van der Waals surface area (Å²) in [7, 11) is 0. The molecule has 0 aliphatic heterocycles. The zero-order chi connectivity index (χ0) is 30.8. The van der Waals surface area contributed by atoms with E-state index in [1.165, 1.54) is 4.68 Å². The van der Waals surface area contributed by atoms with E-state index in [9.17, 15) is 14.4 Å². The summed E-state index contributed by atoms with van der Waals surface area (Å²) in [5.74, 6) is -3.71. The lowest BCUT2D eigenvalue weighted by atomic mass is 9.35. The third-order valence-corrected chi connectivity index (χ3v) is 7.63.